The average molecular weight is 581 g/mol. The van der Waals surface area contributed by atoms with Crippen LogP contribution in [0.5, 0.6) is 0 Å². The number of rotatable bonds is 11. The molecule has 2 heterocycles. The first-order chi connectivity index (χ1) is 17.5. The highest BCUT2D eigenvalue weighted by Gasteiger charge is 2.49. The van der Waals surface area contributed by atoms with E-state index >= 15 is 0 Å². The molecular formula is C23H41N4O9PS. The molecule has 0 spiro atoms. The molecule has 2 fully saturated rings. The molecule has 2 aliphatic rings. The monoisotopic (exact) mass is 580 g/mol. The highest BCUT2D eigenvalue weighted by Crippen LogP contribution is 2.57. The summed E-state index contributed by atoms with van der Waals surface area (Å²) in [7, 11) is -2.45. The Morgan fingerprint density at radius 2 is 1.87 bits per heavy atom. The first-order valence-corrected chi connectivity index (χ1v) is 14.9. The molecule has 0 aliphatic carbocycles. The van der Waals surface area contributed by atoms with E-state index in [1.54, 1.807) is 25.9 Å². The van der Waals surface area contributed by atoms with Crippen molar-refractivity contribution in [2.45, 2.75) is 72.6 Å². The fourth-order valence-electron chi connectivity index (χ4n) is 3.78. The van der Waals surface area contributed by atoms with Crippen LogP contribution >= 0.6 is 19.6 Å². The van der Waals surface area contributed by atoms with E-state index in [0.717, 1.165) is 11.8 Å². The van der Waals surface area contributed by atoms with E-state index < -0.39 is 44.1 Å². The largest absolute Gasteiger partial charge is 0.478 e. The molecule has 2 aliphatic heterocycles. The van der Waals surface area contributed by atoms with Gasteiger partial charge in [-0.25, -0.2) is 14.1 Å². The topological polar surface area (TPSA) is 162 Å². The second kappa shape index (κ2) is 13.7. The summed E-state index contributed by atoms with van der Waals surface area (Å²) in [6.45, 7) is 10.7. The van der Waals surface area contributed by atoms with E-state index in [0.29, 0.717) is 18.7 Å². The Morgan fingerprint density at radius 1 is 1.18 bits per heavy atom. The van der Waals surface area contributed by atoms with Crippen molar-refractivity contribution >= 4 is 42.5 Å². The fourth-order valence-corrected chi connectivity index (χ4v) is 5.78. The van der Waals surface area contributed by atoms with Crippen molar-refractivity contribution in [1.82, 2.24) is 21.1 Å². The molecule has 38 heavy (non-hydrogen) atoms. The zero-order chi connectivity index (χ0) is 28.7. The number of likely N-dealkylation sites (N-methyl/N-ethyl adjacent to an activating group) is 1. The molecule has 0 aromatic rings. The summed E-state index contributed by atoms with van der Waals surface area (Å²) in [5.41, 5.74) is 2.34. The number of phosphoric ester groups is 1. The molecule has 3 N–H and O–H groups in total. The van der Waals surface area contributed by atoms with E-state index in [4.69, 9.17) is 18.3 Å². The Morgan fingerprint density at radius 3 is 2.47 bits per heavy atom. The van der Waals surface area contributed by atoms with Gasteiger partial charge in [0.25, 0.3) is 0 Å². The maximum atomic E-state index is 13.0. The third-order valence-corrected chi connectivity index (χ3v) is 8.32. The molecule has 0 aromatic carbocycles. The van der Waals surface area contributed by atoms with Gasteiger partial charge in [-0.1, -0.05) is 46.4 Å². The molecule has 2 saturated heterocycles. The number of nitrogens with one attached hydrogen (secondary N) is 3. The maximum Gasteiger partial charge on any atom is 0.478 e. The molecule has 4 atom stereocenters. The Hall–Kier alpha value is -1.54. The van der Waals surface area contributed by atoms with Crippen molar-refractivity contribution in [1.29, 1.82) is 0 Å². The van der Waals surface area contributed by atoms with Gasteiger partial charge in [0.1, 0.15) is 6.04 Å². The SMILES string of the molecule is CC(=O)SCCNC(=O)CCNC(=O)[C@@H]1O[P@](=O)(OCOC(=O)C2CC(C(C)(C)C)NN2C)OCC1(C)C. The van der Waals surface area contributed by atoms with Gasteiger partial charge in [0.05, 0.1) is 6.61 Å². The number of ether oxygens (including phenoxy) is 1. The van der Waals surface area contributed by atoms with Crippen molar-refractivity contribution in [2.24, 2.45) is 10.8 Å². The van der Waals surface area contributed by atoms with Crippen molar-refractivity contribution in [3.05, 3.63) is 0 Å². The predicted octanol–water partition coefficient (Wildman–Crippen LogP) is 1.58. The lowest BCUT2D eigenvalue weighted by Gasteiger charge is -2.39. The summed E-state index contributed by atoms with van der Waals surface area (Å²) in [4.78, 5) is 48.2. The number of carbonyl (C=O) groups excluding carboxylic acids is 4. The summed E-state index contributed by atoms with van der Waals surface area (Å²) in [6.07, 6.45) is -0.634. The quantitative estimate of drug-likeness (QED) is 0.140. The number of hydrazine groups is 1. The molecule has 2 amide bonds. The Kier molecular flexibility index (Phi) is 11.8. The summed E-state index contributed by atoms with van der Waals surface area (Å²) in [5.74, 6) is -0.947. The minimum Gasteiger partial charge on any atom is -0.437 e. The molecule has 0 radical (unpaired) electrons. The zero-order valence-electron chi connectivity index (χ0n) is 23.2. The third kappa shape index (κ3) is 9.89. The number of hydrogen-bond acceptors (Lipinski definition) is 12. The minimum absolute atomic E-state index is 0.0186. The minimum atomic E-state index is -4.20. The van der Waals surface area contributed by atoms with Crippen LogP contribution in [0.1, 0.15) is 54.4 Å². The van der Waals surface area contributed by atoms with Crippen molar-refractivity contribution in [2.75, 3.05) is 39.3 Å². The standard InChI is InChI=1S/C23H41N4O9PS/c1-15(28)38-11-10-24-18(29)8-9-25-20(30)19-23(5,6)13-34-37(32,36-19)35-14-33-21(31)16-12-17(22(2,3)4)26-27(16)7/h16-17,19,26H,8-14H2,1-7H3,(H,24,29)(H,25,30)/t16?,17?,19-,37-/m0/s1. The van der Waals surface area contributed by atoms with Crippen molar-refractivity contribution in [3.8, 4) is 0 Å². The molecular weight excluding hydrogens is 539 g/mol. The Labute approximate surface area is 228 Å². The zero-order valence-corrected chi connectivity index (χ0v) is 24.9. The van der Waals surface area contributed by atoms with Crippen molar-refractivity contribution in [3.63, 3.8) is 0 Å². The van der Waals surface area contributed by atoms with Crippen LogP contribution in [0, 0.1) is 10.8 Å². The van der Waals surface area contributed by atoms with E-state index in [1.807, 2.05) is 0 Å². The molecule has 0 bridgehead atoms. The lowest BCUT2D eigenvalue weighted by molar-refractivity contribution is -0.160. The lowest BCUT2D eigenvalue weighted by Crippen LogP contribution is -2.50. The smallest absolute Gasteiger partial charge is 0.437 e. The van der Waals surface area contributed by atoms with Crippen LogP contribution < -0.4 is 16.1 Å². The molecule has 2 unspecified atom stereocenters. The molecule has 13 nitrogen and oxygen atoms in total. The van der Waals surface area contributed by atoms with Gasteiger partial charge in [0, 0.05) is 50.7 Å². The van der Waals surface area contributed by atoms with E-state index in [2.05, 4.69) is 36.8 Å². The number of esters is 1. The van der Waals surface area contributed by atoms with Gasteiger partial charge in [0.2, 0.25) is 18.6 Å². The Balaban J connectivity index is 1.81. The predicted molar refractivity (Wildman–Crippen MR) is 141 cm³/mol. The third-order valence-electron chi connectivity index (χ3n) is 6.17. The van der Waals surface area contributed by atoms with Crippen LogP contribution in [0.15, 0.2) is 0 Å². The van der Waals surface area contributed by atoms with Gasteiger partial charge in [0.15, 0.2) is 11.2 Å². The van der Waals surface area contributed by atoms with Gasteiger partial charge in [-0.3, -0.25) is 33.7 Å². The first kappa shape index (κ1) is 32.7. The lowest BCUT2D eigenvalue weighted by atomic mass is 9.85. The average Bonchev–Trinajstić information content (AvgIpc) is 3.21. The summed E-state index contributed by atoms with van der Waals surface area (Å²) < 4.78 is 34.1. The van der Waals surface area contributed by atoms with Gasteiger partial charge < -0.3 is 15.4 Å². The fraction of sp³-hybridized carbons (Fsp3) is 0.826. The Bertz CT molecular complexity index is 927. The molecule has 2 rings (SSSR count). The van der Waals surface area contributed by atoms with Crippen LogP contribution in [-0.2, 0) is 42.1 Å². The second-order valence-electron chi connectivity index (χ2n) is 11.0. The molecule has 218 valence electrons. The maximum absolute atomic E-state index is 13.0. The second-order valence-corrected chi connectivity index (χ2v) is 13.9. The number of thioether (sulfide) groups is 1. The number of nitrogens with zero attached hydrogens (tertiary/aromatic N) is 1. The summed E-state index contributed by atoms with van der Waals surface area (Å²) >= 11 is 1.11. The van der Waals surface area contributed by atoms with E-state index in [1.165, 1.54) is 6.92 Å². The van der Waals surface area contributed by atoms with Gasteiger partial charge >= 0.3 is 13.8 Å². The first-order valence-electron chi connectivity index (χ1n) is 12.4. The highest BCUT2D eigenvalue weighted by molar-refractivity contribution is 8.13. The van der Waals surface area contributed by atoms with E-state index in [9.17, 15) is 23.7 Å². The normalized spacial score (nSPS) is 27.5. The summed E-state index contributed by atoms with van der Waals surface area (Å²) in [5, 5.41) is 6.91. The van der Waals surface area contributed by atoms with Crippen LogP contribution in [-0.4, -0.2) is 85.4 Å². The number of phosphoric acid groups is 1. The van der Waals surface area contributed by atoms with Gasteiger partial charge in [-0.05, 0) is 11.8 Å². The van der Waals surface area contributed by atoms with Crippen LogP contribution in [0.25, 0.3) is 0 Å². The molecule has 0 saturated carbocycles. The highest BCUT2D eigenvalue weighted by atomic mass is 32.2. The summed E-state index contributed by atoms with van der Waals surface area (Å²) in [6, 6.07) is -0.466. The van der Waals surface area contributed by atoms with Gasteiger partial charge in [-0.2, -0.15) is 0 Å². The number of hydrogen-bond donors (Lipinski definition) is 3. The van der Waals surface area contributed by atoms with Crippen LogP contribution in [0.2, 0.25) is 0 Å². The molecule has 0 aromatic heterocycles. The number of amides is 2. The van der Waals surface area contributed by atoms with E-state index in [-0.39, 0.29) is 42.1 Å². The van der Waals surface area contributed by atoms with Gasteiger partial charge in [-0.15, -0.1) is 0 Å². The number of carbonyl (C=O) groups is 4. The molecule has 15 heteroatoms. The van der Waals surface area contributed by atoms with Crippen LogP contribution in [0.3, 0.4) is 0 Å². The van der Waals surface area contributed by atoms with Crippen molar-refractivity contribution < 1.29 is 42.1 Å². The van der Waals surface area contributed by atoms with Crippen LogP contribution in [0.4, 0.5) is 0 Å².